The van der Waals surface area contributed by atoms with Gasteiger partial charge >= 0.3 is 0 Å². The standard InChI is InChI=1S/C18H24ClN5O2/c1-12(2)20-17(25)10-23(3)11-18(26)21-16-9-15(22-24(16)4)13-5-7-14(19)8-6-13/h5-9,12H,10-11H2,1-4H3,(H,20,25)(H,21,26). The third-order valence-electron chi connectivity index (χ3n) is 3.56. The van der Waals surface area contributed by atoms with Crippen molar-refractivity contribution in [2.24, 2.45) is 7.05 Å². The van der Waals surface area contributed by atoms with Crippen LogP contribution in [0.5, 0.6) is 0 Å². The minimum Gasteiger partial charge on any atom is -0.353 e. The SMILES string of the molecule is CC(C)NC(=O)CN(C)CC(=O)Nc1cc(-c2ccc(Cl)cc2)nn1C. The number of likely N-dealkylation sites (N-methyl/N-ethyl adjacent to an activating group) is 1. The van der Waals surface area contributed by atoms with Crippen LogP contribution in [0.15, 0.2) is 30.3 Å². The molecule has 2 rings (SSSR count). The van der Waals surface area contributed by atoms with Gasteiger partial charge in [-0.15, -0.1) is 0 Å². The first-order chi connectivity index (χ1) is 12.2. The molecular formula is C18H24ClN5O2. The lowest BCUT2D eigenvalue weighted by Crippen LogP contribution is -2.41. The predicted molar refractivity (Wildman–Crippen MR) is 103 cm³/mol. The Labute approximate surface area is 158 Å². The monoisotopic (exact) mass is 377 g/mol. The van der Waals surface area contributed by atoms with E-state index in [1.54, 1.807) is 41.9 Å². The molecule has 0 saturated heterocycles. The highest BCUT2D eigenvalue weighted by Gasteiger charge is 2.14. The van der Waals surface area contributed by atoms with E-state index in [-0.39, 0.29) is 30.9 Å². The number of carbonyl (C=O) groups is 2. The summed E-state index contributed by atoms with van der Waals surface area (Å²) in [5.41, 5.74) is 1.65. The second-order valence-corrected chi connectivity index (χ2v) is 6.92. The van der Waals surface area contributed by atoms with E-state index >= 15 is 0 Å². The smallest absolute Gasteiger partial charge is 0.239 e. The highest BCUT2D eigenvalue weighted by atomic mass is 35.5. The Bertz CT molecular complexity index is 770. The van der Waals surface area contributed by atoms with Crippen LogP contribution in [0.3, 0.4) is 0 Å². The number of anilines is 1. The Morgan fingerprint density at radius 3 is 2.42 bits per heavy atom. The lowest BCUT2D eigenvalue weighted by molar-refractivity contribution is -0.123. The van der Waals surface area contributed by atoms with E-state index in [9.17, 15) is 9.59 Å². The van der Waals surface area contributed by atoms with Gasteiger partial charge in [-0.25, -0.2) is 0 Å². The molecule has 1 aromatic carbocycles. The van der Waals surface area contributed by atoms with Crippen molar-refractivity contribution in [3.8, 4) is 11.3 Å². The van der Waals surface area contributed by atoms with Crippen LogP contribution in [0.1, 0.15) is 13.8 Å². The van der Waals surface area contributed by atoms with Crippen LogP contribution in [-0.2, 0) is 16.6 Å². The summed E-state index contributed by atoms with van der Waals surface area (Å²) in [6.07, 6.45) is 0. The van der Waals surface area contributed by atoms with E-state index in [1.807, 2.05) is 26.0 Å². The highest BCUT2D eigenvalue weighted by molar-refractivity contribution is 6.30. The number of nitrogens with zero attached hydrogens (tertiary/aromatic N) is 3. The zero-order chi connectivity index (χ0) is 19.3. The number of hydrogen-bond acceptors (Lipinski definition) is 4. The molecule has 0 aliphatic rings. The molecule has 0 aliphatic heterocycles. The quantitative estimate of drug-likeness (QED) is 0.774. The molecule has 140 valence electrons. The molecule has 8 heteroatoms. The number of nitrogens with one attached hydrogen (secondary N) is 2. The van der Waals surface area contributed by atoms with Crippen molar-refractivity contribution in [1.82, 2.24) is 20.0 Å². The van der Waals surface area contributed by atoms with Crippen molar-refractivity contribution in [2.45, 2.75) is 19.9 Å². The number of rotatable bonds is 7. The van der Waals surface area contributed by atoms with Crippen molar-refractivity contribution in [1.29, 1.82) is 0 Å². The lowest BCUT2D eigenvalue weighted by atomic mass is 10.1. The molecule has 0 radical (unpaired) electrons. The number of aryl methyl sites for hydroxylation is 1. The van der Waals surface area contributed by atoms with Gasteiger partial charge in [-0.1, -0.05) is 23.7 Å². The van der Waals surface area contributed by atoms with E-state index in [4.69, 9.17) is 11.6 Å². The fourth-order valence-electron chi connectivity index (χ4n) is 2.44. The van der Waals surface area contributed by atoms with Gasteiger partial charge in [0.05, 0.1) is 18.8 Å². The van der Waals surface area contributed by atoms with Crippen molar-refractivity contribution < 1.29 is 9.59 Å². The molecule has 2 aromatic rings. The minimum absolute atomic E-state index is 0.0745. The van der Waals surface area contributed by atoms with Gasteiger partial charge in [0.2, 0.25) is 11.8 Å². The number of halogens is 1. The molecule has 7 nitrogen and oxygen atoms in total. The summed E-state index contributed by atoms with van der Waals surface area (Å²) >= 11 is 5.90. The van der Waals surface area contributed by atoms with Gasteiger partial charge in [0.15, 0.2) is 0 Å². The van der Waals surface area contributed by atoms with E-state index < -0.39 is 0 Å². The van der Waals surface area contributed by atoms with Crippen LogP contribution < -0.4 is 10.6 Å². The maximum absolute atomic E-state index is 12.2. The normalized spacial score (nSPS) is 11.0. The van der Waals surface area contributed by atoms with Gasteiger partial charge in [0.25, 0.3) is 0 Å². The molecule has 2 N–H and O–H groups in total. The molecule has 0 bridgehead atoms. The van der Waals surface area contributed by atoms with Crippen LogP contribution in [0, 0.1) is 0 Å². The fraction of sp³-hybridized carbons (Fsp3) is 0.389. The van der Waals surface area contributed by atoms with Crippen LogP contribution >= 0.6 is 11.6 Å². The largest absolute Gasteiger partial charge is 0.353 e. The Hall–Kier alpha value is -2.38. The number of hydrogen-bond donors (Lipinski definition) is 2. The summed E-state index contributed by atoms with van der Waals surface area (Å²) < 4.78 is 1.60. The average Bonchev–Trinajstić information content (AvgIpc) is 2.87. The molecule has 2 amide bonds. The van der Waals surface area contributed by atoms with E-state index in [1.165, 1.54) is 0 Å². The maximum atomic E-state index is 12.2. The van der Waals surface area contributed by atoms with Crippen LogP contribution in [-0.4, -0.2) is 52.7 Å². The second kappa shape index (κ2) is 8.82. The minimum atomic E-state index is -0.212. The molecule has 0 saturated carbocycles. The molecule has 26 heavy (non-hydrogen) atoms. The maximum Gasteiger partial charge on any atom is 0.239 e. The zero-order valence-corrected chi connectivity index (χ0v) is 16.2. The Kier molecular flexibility index (Phi) is 6.76. The lowest BCUT2D eigenvalue weighted by Gasteiger charge is -2.17. The van der Waals surface area contributed by atoms with Crippen LogP contribution in [0.25, 0.3) is 11.3 Å². The predicted octanol–water partition coefficient (Wildman–Crippen LogP) is 2.14. The molecule has 0 spiro atoms. The molecule has 1 heterocycles. The summed E-state index contributed by atoms with van der Waals surface area (Å²) in [6.45, 7) is 4.05. The third kappa shape index (κ3) is 5.86. The molecule has 0 fully saturated rings. The number of amides is 2. The summed E-state index contributed by atoms with van der Waals surface area (Å²) in [4.78, 5) is 25.6. The van der Waals surface area contributed by atoms with Crippen molar-refractivity contribution in [3.05, 3.63) is 35.4 Å². The fourth-order valence-corrected chi connectivity index (χ4v) is 2.57. The molecule has 0 aliphatic carbocycles. The molecular weight excluding hydrogens is 354 g/mol. The van der Waals surface area contributed by atoms with Gasteiger partial charge in [-0.2, -0.15) is 5.10 Å². The van der Waals surface area contributed by atoms with E-state index in [2.05, 4.69) is 15.7 Å². The van der Waals surface area contributed by atoms with E-state index in [0.29, 0.717) is 10.8 Å². The van der Waals surface area contributed by atoms with Crippen LogP contribution in [0.2, 0.25) is 5.02 Å². The van der Waals surface area contributed by atoms with Gasteiger partial charge in [0.1, 0.15) is 5.82 Å². The first-order valence-corrected chi connectivity index (χ1v) is 8.70. The zero-order valence-electron chi connectivity index (χ0n) is 15.4. The van der Waals surface area contributed by atoms with Gasteiger partial charge in [-0.05, 0) is 33.0 Å². The molecule has 0 unspecified atom stereocenters. The summed E-state index contributed by atoms with van der Waals surface area (Å²) in [6, 6.07) is 9.20. The first-order valence-electron chi connectivity index (χ1n) is 8.32. The topological polar surface area (TPSA) is 79.3 Å². The van der Waals surface area contributed by atoms with Crippen molar-refractivity contribution in [3.63, 3.8) is 0 Å². The molecule has 1 aromatic heterocycles. The number of benzene rings is 1. The average molecular weight is 378 g/mol. The van der Waals surface area contributed by atoms with Gasteiger partial charge in [0, 0.05) is 29.7 Å². The Balaban J connectivity index is 1.94. The summed E-state index contributed by atoms with van der Waals surface area (Å²) in [5.74, 6) is 0.261. The summed E-state index contributed by atoms with van der Waals surface area (Å²) in [7, 11) is 3.48. The summed E-state index contributed by atoms with van der Waals surface area (Å²) in [5, 5.41) is 10.7. The van der Waals surface area contributed by atoms with Crippen molar-refractivity contribution >= 4 is 29.2 Å². The molecule has 0 atom stereocenters. The van der Waals surface area contributed by atoms with Crippen LogP contribution in [0.4, 0.5) is 5.82 Å². The van der Waals surface area contributed by atoms with Gasteiger partial charge < -0.3 is 10.6 Å². The second-order valence-electron chi connectivity index (χ2n) is 6.49. The Morgan fingerprint density at radius 2 is 1.81 bits per heavy atom. The first kappa shape index (κ1) is 19.9. The van der Waals surface area contributed by atoms with E-state index in [0.717, 1.165) is 11.3 Å². The number of aromatic nitrogens is 2. The Morgan fingerprint density at radius 1 is 1.19 bits per heavy atom. The number of carbonyl (C=O) groups excluding carboxylic acids is 2. The highest BCUT2D eigenvalue weighted by Crippen LogP contribution is 2.23. The van der Waals surface area contributed by atoms with Crippen molar-refractivity contribution in [2.75, 3.05) is 25.5 Å². The third-order valence-corrected chi connectivity index (χ3v) is 3.82. The van der Waals surface area contributed by atoms with Gasteiger partial charge in [-0.3, -0.25) is 19.2 Å².